The van der Waals surface area contributed by atoms with Crippen LogP contribution >= 0.6 is 0 Å². The maximum Gasteiger partial charge on any atom is 0.422 e. The lowest BCUT2D eigenvalue weighted by atomic mass is 10.0. The van der Waals surface area contributed by atoms with Crippen LogP contribution in [-0.4, -0.2) is 32.8 Å². The number of carbonyl (C=O) groups is 1. The lowest BCUT2D eigenvalue weighted by molar-refractivity contribution is -0.192. The SMILES string of the molecule is CCc1nc(NC(C)(C(=O)O)C(F)(F)F)cc(=O)[nH]1. The number of nitrogens with one attached hydrogen (secondary N) is 2. The molecule has 0 saturated carbocycles. The first-order valence-corrected chi connectivity index (χ1v) is 5.28. The molecule has 0 fully saturated rings. The van der Waals surface area contributed by atoms with Crippen LogP contribution in [-0.2, 0) is 11.2 Å². The zero-order chi connectivity index (χ0) is 14.8. The summed E-state index contributed by atoms with van der Waals surface area (Å²) in [7, 11) is 0. The number of rotatable bonds is 4. The summed E-state index contributed by atoms with van der Waals surface area (Å²) in [5.74, 6) is -2.40. The van der Waals surface area contributed by atoms with E-state index in [1.165, 1.54) is 0 Å². The van der Waals surface area contributed by atoms with Gasteiger partial charge in [-0.15, -0.1) is 0 Å². The normalized spacial score (nSPS) is 14.8. The Morgan fingerprint density at radius 2 is 2.11 bits per heavy atom. The molecule has 0 aliphatic heterocycles. The molecule has 1 aromatic heterocycles. The predicted molar refractivity (Wildman–Crippen MR) is 60.0 cm³/mol. The van der Waals surface area contributed by atoms with E-state index in [9.17, 15) is 22.8 Å². The van der Waals surface area contributed by atoms with Crippen LogP contribution in [0.1, 0.15) is 19.7 Å². The zero-order valence-electron chi connectivity index (χ0n) is 10.1. The standard InChI is InChI=1S/C10H12F3N3O3/c1-3-5-14-6(4-7(17)15-5)16-9(2,8(18)19)10(11,12)13/h4H,3H2,1-2H3,(H,18,19)(H2,14,15,16,17). The summed E-state index contributed by atoms with van der Waals surface area (Å²) in [6.45, 7) is 2.10. The molecule has 1 aromatic rings. The Labute approximate surface area is 105 Å². The molecule has 19 heavy (non-hydrogen) atoms. The summed E-state index contributed by atoms with van der Waals surface area (Å²) in [4.78, 5) is 28.0. The first-order valence-electron chi connectivity index (χ1n) is 5.28. The van der Waals surface area contributed by atoms with E-state index in [0.717, 1.165) is 6.07 Å². The van der Waals surface area contributed by atoms with Gasteiger partial charge in [-0.05, 0) is 6.92 Å². The number of nitrogens with zero attached hydrogens (tertiary/aromatic N) is 1. The molecule has 1 heterocycles. The second-order valence-corrected chi connectivity index (χ2v) is 3.98. The van der Waals surface area contributed by atoms with E-state index in [0.29, 0.717) is 13.3 Å². The third-order valence-electron chi connectivity index (χ3n) is 2.50. The van der Waals surface area contributed by atoms with E-state index >= 15 is 0 Å². The molecule has 106 valence electrons. The van der Waals surface area contributed by atoms with Crippen LogP contribution in [0.4, 0.5) is 19.0 Å². The van der Waals surface area contributed by atoms with Crippen molar-refractivity contribution in [1.82, 2.24) is 9.97 Å². The molecule has 0 aliphatic rings. The number of hydrogen-bond donors (Lipinski definition) is 3. The lowest BCUT2D eigenvalue weighted by Crippen LogP contribution is -2.55. The fourth-order valence-corrected chi connectivity index (χ4v) is 1.24. The van der Waals surface area contributed by atoms with Crippen molar-refractivity contribution in [2.75, 3.05) is 5.32 Å². The van der Waals surface area contributed by atoms with Crippen molar-refractivity contribution in [2.45, 2.75) is 32.0 Å². The van der Waals surface area contributed by atoms with Gasteiger partial charge in [-0.3, -0.25) is 4.79 Å². The molecule has 0 bridgehead atoms. The highest BCUT2D eigenvalue weighted by Crippen LogP contribution is 2.32. The van der Waals surface area contributed by atoms with E-state index in [1.54, 1.807) is 12.2 Å². The van der Waals surface area contributed by atoms with Crippen LogP contribution in [0.5, 0.6) is 0 Å². The highest BCUT2D eigenvalue weighted by Gasteiger charge is 2.57. The predicted octanol–water partition coefficient (Wildman–Crippen LogP) is 1.15. The second-order valence-electron chi connectivity index (χ2n) is 3.98. The van der Waals surface area contributed by atoms with Gasteiger partial charge in [0.1, 0.15) is 11.6 Å². The van der Waals surface area contributed by atoms with Crippen LogP contribution in [0, 0.1) is 0 Å². The number of aromatic amines is 1. The summed E-state index contributed by atoms with van der Waals surface area (Å²) >= 11 is 0. The largest absolute Gasteiger partial charge is 0.479 e. The van der Waals surface area contributed by atoms with Gasteiger partial charge >= 0.3 is 12.1 Å². The Balaban J connectivity index is 3.22. The van der Waals surface area contributed by atoms with E-state index in [1.807, 2.05) is 0 Å². The second kappa shape index (κ2) is 4.90. The van der Waals surface area contributed by atoms with Crippen molar-refractivity contribution in [3.8, 4) is 0 Å². The Morgan fingerprint density at radius 1 is 1.53 bits per heavy atom. The molecule has 3 N–H and O–H groups in total. The molecule has 9 heteroatoms. The topological polar surface area (TPSA) is 95.1 Å². The van der Waals surface area contributed by atoms with Crippen LogP contribution in [0.25, 0.3) is 0 Å². The highest BCUT2D eigenvalue weighted by atomic mass is 19.4. The summed E-state index contributed by atoms with van der Waals surface area (Å²) in [6.07, 6.45) is -4.75. The van der Waals surface area contributed by atoms with Gasteiger partial charge in [-0.25, -0.2) is 9.78 Å². The number of alkyl halides is 3. The fraction of sp³-hybridized carbons (Fsp3) is 0.500. The van der Waals surface area contributed by atoms with Crippen molar-refractivity contribution in [1.29, 1.82) is 0 Å². The molecule has 0 saturated heterocycles. The molecule has 1 unspecified atom stereocenters. The van der Waals surface area contributed by atoms with Crippen molar-refractivity contribution in [3.63, 3.8) is 0 Å². The van der Waals surface area contributed by atoms with E-state index in [2.05, 4.69) is 9.97 Å². The number of aryl methyl sites for hydroxylation is 1. The number of carboxylic acids is 1. The molecule has 1 rings (SSSR count). The maximum atomic E-state index is 12.8. The minimum Gasteiger partial charge on any atom is -0.479 e. The Bertz CT molecular complexity index is 541. The quantitative estimate of drug-likeness (QED) is 0.768. The number of carboxylic acid groups (broad SMARTS) is 1. The molecule has 0 aliphatic carbocycles. The average molecular weight is 279 g/mol. The van der Waals surface area contributed by atoms with E-state index in [4.69, 9.17) is 5.11 Å². The number of hydrogen-bond acceptors (Lipinski definition) is 4. The van der Waals surface area contributed by atoms with E-state index < -0.39 is 29.1 Å². The minimum atomic E-state index is -5.05. The average Bonchev–Trinajstić information content (AvgIpc) is 2.26. The van der Waals surface area contributed by atoms with Crippen LogP contribution in [0.3, 0.4) is 0 Å². The van der Waals surface area contributed by atoms with Gasteiger partial charge in [-0.1, -0.05) is 6.92 Å². The third-order valence-corrected chi connectivity index (χ3v) is 2.50. The molecule has 1 atom stereocenters. The van der Waals surface area contributed by atoms with Crippen LogP contribution < -0.4 is 10.9 Å². The Kier molecular flexibility index (Phi) is 3.87. The number of aliphatic carboxylic acids is 1. The van der Waals surface area contributed by atoms with Crippen molar-refractivity contribution in [2.24, 2.45) is 0 Å². The summed E-state index contributed by atoms with van der Waals surface area (Å²) in [6, 6.07) is 0.770. The van der Waals surface area contributed by atoms with Crippen molar-refractivity contribution < 1.29 is 23.1 Å². The van der Waals surface area contributed by atoms with Crippen molar-refractivity contribution >= 4 is 11.8 Å². The molecule has 0 aromatic carbocycles. The third kappa shape index (κ3) is 3.04. The van der Waals surface area contributed by atoms with Gasteiger partial charge in [-0.2, -0.15) is 13.2 Å². The molecule has 0 spiro atoms. The van der Waals surface area contributed by atoms with Gasteiger partial charge in [0.25, 0.3) is 5.56 Å². The lowest BCUT2D eigenvalue weighted by Gasteiger charge is -2.29. The number of anilines is 1. The molecular formula is C10H12F3N3O3. The summed E-state index contributed by atoms with van der Waals surface area (Å²) in [5, 5.41) is 10.5. The van der Waals surface area contributed by atoms with Crippen LogP contribution in [0.2, 0.25) is 0 Å². The van der Waals surface area contributed by atoms with E-state index in [-0.39, 0.29) is 5.82 Å². The van der Waals surface area contributed by atoms with Gasteiger partial charge < -0.3 is 15.4 Å². The summed E-state index contributed by atoms with van der Waals surface area (Å²) < 4.78 is 38.3. The first-order chi connectivity index (χ1) is 8.60. The molecule has 0 amide bonds. The van der Waals surface area contributed by atoms with Gasteiger partial charge in [0, 0.05) is 12.5 Å². The smallest absolute Gasteiger partial charge is 0.422 e. The minimum absolute atomic E-state index is 0.157. The molecule has 6 nitrogen and oxygen atoms in total. The Hall–Kier alpha value is -2.06. The number of aromatic nitrogens is 2. The van der Waals surface area contributed by atoms with Crippen molar-refractivity contribution in [3.05, 3.63) is 22.2 Å². The van der Waals surface area contributed by atoms with Gasteiger partial charge in [0.15, 0.2) is 0 Å². The summed E-state index contributed by atoms with van der Waals surface area (Å²) in [5.41, 5.74) is -3.89. The number of halogens is 3. The maximum absolute atomic E-state index is 12.8. The fourth-order valence-electron chi connectivity index (χ4n) is 1.24. The highest BCUT2D eigenvalue weighted by molar-refractivity contribution is 5.83. The molecular weight excluding hydrogens is 267 g/mol. The first kappa shape index (κ1) is 15.0. The number of H-pyrrole nitrogens is 1. The molecule has 0 radical (unpaired) electrons. The van der Waals surface area contributed by atoms with Crippen LogP contribution in [0.15, 0.2) is 10.9 Å². The van der Waals surface area contributed by atoms with Gasteiger partial charge in [0.05, 0.1) is 0 Å². The zero-order valence-corrected chi connectivity index (χ0v) is 10.1. The Morgan fingerprint density at radius 3 is 2.53 bits per heavy atom. The van der Waals surface area contributed by atoms with Gasteiger partial charge in [0.2, 0.25) is 5.54 Å². The monoisotopic (exact) mass is 279 g/mol.